The van der Waals surface area contributed by atoms with Crippen molar-refractivity contribution in [3.63, 3.8) is 0 Å². The first-order chi connectivity index (χ1) is 10.8. The van der Waals surface area contributed by atoms with Gasteiger partial charge in [0.25, 0.3) is 0 Å². The van der Waals surface area contributed by atoms with Crippen molar-refractivity contribution in [2.45, 2.75) is 0 Å². The van der Waals surface area contributed by atoms with Gasteiger partial charge in [0, 0.05) is 10.8 Å². The van der Waals surface area contributed by atoms with E-state index in [9.17, 15) is 0 Å². The zero-order chi connectivity index (χ0) is 14.5. The summed E-state index contributed by atoms with van der Waals surface area (Å²) in [5.74, 6) is 0. The van der Waals surface area contributed by atoms with E-state index in [4.69, 9.17) is 0 Å². The Morgan fingerprint density at radius 2 is 1.22 bits per heavy atom. The molecule has 8 bridgehead atoms. The van der Waals surface area contributed by atoms with Crippen molar-refractivity contribution in [2.75, 3.05) is 0 Å². The molecule has 0 spiro atoms. The average molecular weight is 554 g/mol. The quantitative estimate of drug-likeness (QED) is 0.417. The predicted octanol–water partition coefficient (Wildman–Crippen LogP) is 5.75. The van der Waals surface area contributed by atoms with Crippen molar-refractivity contribution >= 4 is 69.7 Å². The molecule has 0 atom stereocenters. The van der Waals surface area contributed by atoms with Crippen LogP contribution in [0, 0.1) is 0 Å². The van der Waals surface area contributed by atoms with Gasteiger partial charge >= 0.3 is 21.1 Å². The van der Waals surface area contributed by atoms with E-state index in [2.05, 4.69) is 20.6 Å². The van der Waals surface area contributed by atoms with Gasteiger partial charge < -0.3 is 10.6 Å². The molecular formula is C14H6N4PtS4. The maximum Gasteiger partial charge on any atom is 2.00 e. The monoisotopic (exact) mass is 553 g/mol. The van der Waals surface area contributed by atoms with E-state index in [0.717, 1.165) is 42.9 Å². The van der Waals surface area contributed by atoms with E-state index in [0.29, 0.717) is 0 Å². The average Bonchev–Trinajstić information content (AvgIpc) is 3.24. The second-order valence-corrected chi connectivity index (χ2v) is 8.13. The summed E-state index contributed by atoms with van der Waals surface area (Å²) in [5.41, 5.74) is 3.67. The fraction of sp³-hybridized carbons (Fsp3) is 0. The number of hydrogen-bond donors (Lipinski definition) is 0. The number of aromatic nitrogens is 2. The Morgan fingerprint density at radius 1 is 0.739 bits per heavy atom. The molecule has 0 radical (unpaired) electrons. The first kappa shape index (κ1) is 15.7. The molecule has 0 saturated heterocycles. The molecule has 5 heterocycles. The van der Waals surface area contributed by atoms with Crippen molar-refractivity contribution in [3.8, 4) is 0 Å². The van der Waals surface area contributed by atoms with Crippen LogP contribution >= 0.6 is 46.2 Å². The molecule has 23 heavy (non-hydrogen) atoms. The molecule has 3 aliphatic heterocycles. The largest absolute Gasteiger partial charge is 2.00 e. The number of fused-ring (bicyclic) bond motifs is 10. The molecule has 2 aromatic rings. The van der Waals surface area contributed by atoms with Gasteiger partial charge in [-0.25, -0.2) is 9.97 Å². The zero-order valence-corrected chi connectivity index (χ0v) is 16.7. The summed E-state index contributed by atoms with van der Waals surface area (Å²) in [5, 5.41) is 21.2. The van der Waals surface area contributed by atoms with Crippen molar-refractivity contribution < 1.29 is 21.1 Å². The maximum absolute atomic E-state index is 4.64. The smallest absolute Gasteiger partial charge is 0.650 e. The van der Waals surface area contributed by atoms with Crippen LogP contribution < -0.4 is 0 Å². The van der Waals surface area contributed by atoms with E-state index in [1.165, 1.54) is 0 Å². The number of rotatable bonds is 0. The fourth-order valence-electron chi connectivity index (χ4n) is 2.10. The summed E-state index contributed by atoms with van der Waals surface area (Å²) in [7, 11) is 0. The molecule has 0 aliphatic carbocycles. The SMILES string of the molecule is C1=C2[N-]C(=CS2)c2csc(n2)C=C2[N-]C(=CS2)c2csc1n2.[Pt+2]. The molecule has 5 rings (SSSR count). The second kappa shape index (κ2) is 6.26. The van der Waals surface area contributed by atoms with Gasteiger partial charge in [-0.2, -0.15) is 0 Å². The molecule has 2 aromatic heterocycles. The van der Waals surface area contributed by atoms with E-state index < -0.39 is 0 Å². The molecule has 3 aliphatic rings. The Kier molecular flexibility index (Phi) is 4.28. The summed E-state index contributed by atoms with van der Waals surface area (Å²) in [6.07, 6.45) is 4.03. The molecule has 4 nitrogen and oxygen atoms in total. The Labute approximate surface area is 163 Å². The number of hydrogen-bond acceptors (Lipinski definition) is 6. The van der Waals surface area contributed by atoms with Gasteiger partial charge in [-0.3, -0.25) is 0 Å². The standard InChI is InChI=1S/C14H6N4S4.Pt/c1-11-15-7(3-19-11)9-5-21-13(17-9)2-14-18-10(6-22-14)8-4-20-12(1)16-8;/h1-6H;/q-2;+2. The minimum atomic E-state index is 0. The number of nitrogens with zero attached hydrogens (tertiary/aromatic N) is 4. The maximum atomic E-state index is 4.64. The Morgan fingerprint density at radius 3 is 1.70 bits per heavy atom. The summed E-state index contributed by atoms with van der Waals surface area (Å²) in [6.45, 7) is 0. The molecule has 116 valence electrons. The fourth-order valence-corrected chi connectivity index (χ4v) is 5.19. The third-order valence-corrected chi connectivity index (χ3v) is 6.27. The molecular weight excluding hydrogens is 548 g/mol. The Balaban J connectivity index is 0.00000135. The van der Waals surface area contributed by atoms with Gasteiger partial charge in [-0.1, -0.05) is 10.1 Å². The molecule has 0 aromatic carbocycles. The van der Waals surface area contributed by atoms with Gasteiger partial charge in [0.05, 0.1) is 11.4 Å². The third-order valence-electron chi connectivity index (χ3n) is 3.11. The van der Waals surface area contributed by atoms with E-state index in [-0.39, 0.29) is 21.1 Å². The van der Waals surface area contributed by atoms with E-state index >= 15 is 0 Å². The van der Waals surface area contributed by atoms with Crippen LogP contribution in [0.4, 0.5) is 0 Å². The predicted molar refractivity (Wildman–Crippen MR) is 98.0 cm³/mol. The third kappa shape index (κ3) is 2.98. The van der Waals surface area contributed by atoms with Crippen LogP contribution in [0.1, 0.15) is 21.4 Å². The van der Waals surface area contributed by atoms with Crippen molar-refractivity contribution in [1.29, 1.82) is 0 Å². The van der Waals surface area contributed by atoms with Crippen LogP contribution in [0.25, 0.3) is 34.2 Å². The van der Waals surface area contributed by atoms with Crippen LogP contribution in [0.2, 0.25) is 0 Å². The summed E-state index contributed by atoms with van der Waals surface area (Å²) in [4.78, 5) is 9.28. The Hall–Kier alpha value is -0.792. The normalized spacial score (nSPS) is 17.7. The molecule has 9 heteroatoms. The molecule has 0 N–H and O–H groups in total. The second-order valence-electron chi connectivity index (χ2n) is 4.57. The van der Waals surface area contributed by atoms with Crippen LogP contribution in [0.5, 0.6) is 0 Å². The van der Waals surface area contributed by atoms with E-state index in [1.807, 2.05) is 33.7 Å². The van der Waals surface area contributed by atoms with Gasteiger partial charge in [-0.05, 0) is 23.0 Å². The van der Waals surface area contributed by atoms with Gasteiger partial charge in [0.1, 0.15) is 10.0 Å². The van der Waals surface area contributed by atoms with E-state index in [1.54, 1.807) is 46.2 Å². The van der Waals surface area contributed by atoms with Crippen molar-refractivity contribution in [2.24, 2.45) is 0 Å². The molecule has 0 saturated carbocycles. The first-order valence-electron chi connectivity index (χ1n) is 6.36. The van der Waals surface area contributed by atoms with Crippen molar-refractivity contribution in [3.05, 3.63) is 63.7 Å². The van der Waals surface area contributed by atoms with Crippen molar-refractivity contribution in [1.82, 2.24) is 9.97 Å². The zero-order valence-electron chi connectivity index (χ0n) is 11.2. The minimum Gasteiger partial charge on any atom is -0.650 e. The molecule has 0 amide bonds. The van der Waals surface area contributed by atoms with Gasteiger partial charge in [0.15, 0.2) is 0 Å². The van der Waals surface area contributed by atoms with Crippen LogP contribution in [-0.2, 0) is 21.1 Å². The minimum absolute atomic E-state index is 0. The number of thioether (sulfide) groups is 2. The van der Waals surface area contributed by atoms with Crippen LogP contribution in [0.3, 0.4) is 0 Å². The summed E-state index contributed by atoms with van der Waals surface area (Å²) in [6, 6.07) is 0. The molecule has 0 fully saturated rings. The summed E-state index contributed by atoms with van der Waals surface area (Å²) >= 11 is 6.44. The van der Waals surface area contributed by atoms with Crippen LogP contribution in [-0.4, -0.2) is 9.97 Å². The number of thiazole rings is 2. The summed E-state index contributed by atoms with van der Waals surface area (Å²) < 4.78 is 0. The van der Waals surface area contributed by atoms with Gasteiger partial charge in [-0.15, -0.1) is 57.6 Å². The van der Waals surface area contributed by atoms with Crippen LogP contribution in [0.15, 0.2) is 31.6 Å². The first-order valence-corrected chi connectivity index (χ1v) is 9.88. The molecule has 0 unspecified atom stereocenters. The Bertz CT molecular complexity index is 831. The van der Waals surface area contributed by atoms with Gasteiger partial charge in [0.2, 0.25) is 0 Å². The topological polar surface area (TPSA) is 54.0 Å².